The van der Waals surface area contributed by atoms with Crippen LogP contribution in [0.4, 0.5) is 5.69 Å². The summed E-state index contributed by atoms with van der Waals surface area (Å²) >= 11 is 0. The van der Waals surface area contributed by atoms with Gasteiger partial charge in [0.25, 0.3) is 5.91 Å². The molecular formula is C21H24N4O4. The zero-order valence-corrected chi connectivity index (χ0v) is 16.3. The molecule has 0 heterocycles. The van der Waals surface area contributed by atoms with Crippen molar-refractivity contribution in [1.82, 2.24) is 10.7 Å². The van der Waals surface area contributed by atoms with Gasteiger partial charge >= 0.3 is 0 Å². The maximum absolute atomic E-state index is 11.9. The van der Waals surface area contributed by atoms with Crippen LogP contribution in [0.25, 0.3) is 0 Å². The average Bonchev–Trinajstić information content (AvgIpc) is 2.67. The third kappa shape index (κ3) is 8.70. The van der Waals surface area contributed by atoms with Gasteiger partial charge in [-0.1, -0.05) is 18.2 Å². The number of anilines is 1. The Hall–Kier alpha value is -3.68. The van der Waals surface area contributed by atoms with Gasteiger partial charge in [0.1, 0.15) is 12.2 Å². The Kier molecular flexibility index (Phi) is 8.37. The first-order valence-electron chi connectivity index (χ1n) is 9.11. The third-order valence-corrected chi connectivity index (χ3v) is 3.48. The second kappa shape index (κ2) is 11.2. The predicted molar refractivity (Wildman–Crippen MR) is 111 cm³/mol. The Labute approximate surface area is 169 Å². The Morgan fingerprint density at radius 2 is 1.66 bits per heavy atom. The molecular weight excluding hydrogens is 372 g/mol. The molecule has 3 amide bonds. The molecule has 2 rings (SSSR count). The first-order valence-corrected chi connectivity index (χ1v) is 9.11. The molecule has 0 atom stereocenters. The molecule has 0 radical (unpaired) electrons. The van der Waals surface area contributed by atoms with Gasteiger partial charge in [-0.2, -0.15) is 5.10 Å². The molecule has 0 spiro atoms. The molecule has 8 nitrogen and oxygen atoms in total. The van der Waals surface area contributed by atoms with E-state index in [2.05, 4.69) is 21.2 Å². The van der Waals surface area contributed by atoms with Crippen molar-refractivity contribution >= 4 is 29.6 Å². The van der Waals surface area contributed by atoms with Crippen LogP contribution in [0.5, 0.6) is 5.75 Å². The maximum atomic E-state index is 11.9. The van der Waals surface area contributed by atoms with E-state index in [1.807, 2.05) is 32.0 Å². The van der Waals surface area contributed by atoms with Crippen LogP contribution in [0.1, 0.15) is 25.8 Å². The number of nitrogens with zero attached hydrogens (tertiary/aromatic N) is 1. The van der Waals surface area contributed by atoms with Crippen LogP contribution in [-0.2, 0) is 14.4 Å². The van der Waals surface area contributed by atoms with Crippen molar-refractivity contribution in [3.05, 3.63) is 60.2 Å². The second-order valence-corrected chi connectivity index (χ2v) is 6.46. The van der Waals surface area contributed by atoms with Gasteiger partial charge in [0.15, 0.2) is 6.61 Å². The molecule has 29 heavy (non-hydrogen) atoms. The number of hydrazone groups is 1. The van der Waals surface area contributed by atoms with E-state index >= 15 is 0 Å². The highest BCUT2D eigenvalue weighted by Gasteiger charge is 2.09. The van der Waals surface area contributed by atoms with Crippen molar-refractivity contribution in [2.24, 2.45) is 5.10 Å². The van der Waals surface area contributed by atoms with Gasteiger partial charge in [0.05, 0.1) is 6.21 Å². The van der Waals surface area contributed by atoms with Gasteiger partial charge in [0.2, 0.25) is 11.8 Å². The SMILES string of the molecule is CC(C)NC(=O)CC(=O)N/N=C/c1ccc(OCC(=O)Nc2ccccc2)cc1. The highest BCUT2D eigenvalue weighted by Crippen LogP contribution is 2.11. The van der Waals surface area contributed by atoms with E-state index in [1.165, 1.54) is 6.21 Å². The lowest BCUT2D eigenvalue weighted by Crippen LogP contribution is -2.34. The van der Waals surface area contributed by atoms with E-state index in [0.717, 1.165) is 5.56 Å². The molecule has 0 aliphatic heterocycles. The van der Waals surface area contributed by atoms with E-state index in [9.17, 15) is 14.4 Å². The van der Waals surface area contributed by atoms with E-state index < -0.39 is 5.91 Å². The van der Waals surface area contributed by atoms with Crippen molar-refractivity contribution in [2.45, 2.75) is 26.3 Å². The van der Waals surface area contributed by atoms with Crippen LogP contribution < -0.4 is 20.8 Å². The van der Waals surface area contributed by atoms with Crippen molar-refractivity contribution in [3.8, 4) is 5.75 Å². The van der Waals surface area contributed by atoms with Crippen molar-refractivity contribution in [2.75, 3.05) is 11.9 Å². The second-order valence-electron chi connectivity index (χ2n) is 6.46. The van der Waals surface area contributed by atoms with Crippen LogP contribution in [0.2, 0.25) is 0 Å². The monoisotopic (exact) mass is 396 g/mol. The van der Waals surface area contributed by atoms with Crippen LogP contribution in [0, 0.1) is 0 Å². The number of hydrogen-bond acceptors (Lipinski definition) is 5. The fourth-order valence-electron chi connectivity index (χ4n) is 2.25. The normalized spacial score (nSPS) is 10.6. The van der Waals surface area contributed by atoms with Crippen molar-refractivity contribution in [3.63, 3.8) is 0 Å². The number of carbonyl (C=O) groups is 3. The van der Waals surface area contributed by atoms with Gasteiger partial charge in [-0.15, -0.1) is 0 Å². The molecule has 0 unspecified atom stereocenters. The number of nitrogens with one attached hydrogen (secondary N) is 3. The van der Waals surface area contributed by atoms with Crippen molar-refractivity contribution in [1.29, 1.82) is 0 Å². The van der Waals surface area contributed by atoms with Gasteiger partial charge in [-0.3, -0.25) is 14.4 Å². The molecule has 0 saturated carbocycles. The predicted octanol–water partition coefficient (Wildman–Crippen LogP) is 2.07. The number of hydrogen-bond donors (Lipinski definition) is 3. The van der Waals surface area contributed by atoms with Crippen LogP contribution in [-0.4, -0.2) is 36.6 Å². The fourth-order valence-corrected chi connectivity index (χ4v) is 2.25. The molecule has 0 fully saturated rings. The van der Waals surface area contributed by atoms with E-state index in [0.29, 0.717) is 11.4 Å². The molecule has 0 aromatic heterocycles. The summed E-state index contributed by atoms with van der Waals surface area (Å²) in [4.78, 5) is 35.0. The summed E-state index contributed by atoms with van der Waals surface area (Å²) in [6.07, 6.45) is 1.16. The minimum atomic E-state index is -0.496. The van der Waals surface area contributed by atoms with Gasteiger partial charge in [-0.05, 0) is 55.8 Å². The lowest BCUT2D eigenvalue weighted by Gasteiger charge is -2.07. The van der Waals surface area contributed by atoms with E-state index in [1.54, 1.807) is 36.4 Å². The van der Waals surface area contributed by atoms with Gasteiger partial charge in [-0.25, -0.2) is 5.43 Å². The van der Waals surface area contributed by atoms with E-state index in [4.69, 9.17) is 4.74 Å². The highest BCUT2D eigenvalue weighted by molar-refractivity contribution is 5.97. The minimum absolute atomic E-state index is 0.0241. The molecule has 3 N–H and O–H groups in total. The number of amides is 3. The minimum Gasteiger partial charge on any atom is -0.484 e. The van der Waals surface area contributed by atoms with Gasteiger partial charge in [0, 0.05) is 11.7 Å². The smallest absolute Gasteiger partial charge is 0.262 e. The van der Waals surface area contributed by atoms with Crippen LogP contribution in [0.3, 0.4) is 0 Å². The Bertz CT molecular complexity index is 849. The number of carbonyl (C=O) groups excluding carboxylic acids is 3. The number of benzene rings is 2. The lowest BCUT2D eigenvalue weighted by molar-refractivity contribution is -0.129. The molecule has 152 valence electrons. The summed E-state index contributed by atoms with van der Waals surface area (Å²) in [5, 5.41) is 9.17. The zero-order valence-electron chi connectivity index (χ0n) is 16.3. The van der Waals surface area contributed by atoms with Crippen molar-refractivity contribution < 1.29 is 19.1 Å². The highest BCUT2D eigenvalue weighted by atomic mass is 16.5. The first-order chi connectivity index (χ1) is 13.9. The molecule has 0 aliphatic rings. The van der Waals surface area contributed by atoms with Gasteiger partial charge < -0.3 is 15.4 Å². The summed E-state index contributed by atoms with van der Waals surface area (Å²) in [7, 11) is 0. The average molecular weight is 396 g/mol. The van der Waals surface area contributed by atoms with Crippen LogP contribution in [0.15, 0.2) is 59.7 Å². The Morgan fingerprint density at radius 3 is 2.31 bits per heavy atom. The summed E-state index contributed by atoms with van der Waals surface area (Å²) < 4.78 is 5.44. The lowest BCUT2D eigenvalue weighted by atomic mass is 10.2. The quantitative estimate of drug-likeness (QED) is 0.342. The Balaban J connectivity index is 1.73. The summed E-state index contributed by atoms with van der Waals surface area (Å²) in [6.45, 7) is 3.52. The molecule has 2 aromatic rings. The summed E-state index contributed by atoms with van der Waals surface area (Å²) in [6, 6.07) is 15.9. The van der Waals surface area contributed by atoms with Crippen LogP contribution >= 0.6 is 0 Å². The number of ether oxygens (including phenoxy) is 1. The number of rotatable bonds is 9. The maximum Gasteiger partial charge on any atom is 0.262 e. The summed E-state index contributed by atoms with van der Waals surface area (Å²) in [5.41, 5.74) is 3.72. The molecule has 8 heteroatoms. The standard InChI is InChI=1S/C21H24N4O4/c1-15(2)23-19(26)12-20(27)25-22-13-16-8-10-18(11-9-16)29-14-21(28)24-17-6-4-3-5-7-17/h3-11,13,15H,12,14H2,1-2H3,(H,23,26)(H,24,28)(H,25,27)/b22-13+. The topological polar surface area (TPSA) is 109 Å². The molecule has 0 aliphatic carbocycles. The first kappa shape index (κ1) is 21.6. The third-order valence-electron chi connectivity index (χ3n) is 3.48. The largest absolute Gasteiger partial charge is 0.484 e. The Morgan fingerprint density at radius 1 is 0.966 bits per heavy atom. The summed E-state index contributed by atoms with van der Waals surface area (Å²) in [5.74, 6) is -0.583. The molecule has 0 saturated heterocycles. The number of para-hydroxylation sites is 1. The fraction of sp³-hybridized carbons (Fsp3) is 0.238. The zero-order chi connectivity index (χ0) is 21.1. The molecule has 0 bridgehead atoms. The van der Waals surface area contributed by atoms with E-state index in [-0.39, 0.29) is 30.9 Å². The molecule has 2 aromatic carbocycles.